The molecule has 2 aromatic rings. The summed E-state index contributed by atoms with van der Waals surface area (Å²) in [6.07, 6.45) is 1.12. The van der Waals surface area contributed by atoms with Gasteiger partial charge in [-0.25, -0.2) is 0 Å². The van der Waals surface area contributed by atoms with Crippen LogP contribution in [0.5, 0.6) is 0 Å². The lowest BCUT2D eigenvalue weighted by Crippen LogP contribution is -2.49. The van der Waals surface area contributed by atoms with Crippen LogP contribution >= 0.6 is 0 Å². The van der Waals surface area contributed by atoms with Crippen LogP contribution in [0.1, 0.15) is 48.0 Å². The van der Waals surface area contributed by atoms with Crippen molar-refractivity contribution in [2.24, 2.45) is 23.1 Å². The Hall–Kier alpha value is -4.05. The van der Waals surface area contributed by atoms with Gasteiger partial charge < -0.3 is 27.8 Å². The predicted octanol–water partition coefficient (Wildman–Crippen LogP) is 0.578. The summed E-state index contributed by atoms with van der Waals surface area (Å²) in [6, 6.07) is 15.6. The molecule has 8 N–H and O–H groups in total. The Bertz CT molecular complexity index is 1060. The van der Waals surface area contributed by atoms with Crippen LogP contribution in [0.3, 0.4) is 0 Å². The summed E-state index contributed by atoms with van der Waals surface area (Å²) in [6.45, 7) is 0.414. The van der Waals surface area contributed by atoms with Crippen molar-refractivity contribution in [2.75, 3.05) is 6.54 Å². The fourth-order valence-corrected chi connectivity index (χ4v) is 3.89. The standard InChI is InChI=1S/C27H35N5O5/c28-14-8-7-13-20(27(37)32-22(25(30)35)17-24(29)34)16-23(33)21(15-18-9-3-1-4-10-18)31-26(36)19-11-5-2-6-12-19/h1-6,9-12,20-22H,7-8,13-17,28H2,(H2,29,34)(H2,30,35)(H,31,36)(H,32,37)/t20-,21+,22+/m1/s1. The maximum absolute atomic E-state index is 13.5. The fourth-order valence-electron chi connectivity index (χ4n) is 3.89. The molecule has 0 spiro atoms. The van der Waals surface area contributed by atoms with Gasteiger partial charge in [-0.05, 0) is 43.5 Å². The zero-order valence-electron chi connectivity index (χ0n) is 20.7. The lowest BCUT2D eigenvalue weighted by molar-refractivity contribution is -0.133. The van der Waals surface area contributed by atoms with E-state index in [-0.39, 0.29) is 18.6 Å². The number of carbonyl (C=O) groups is 5. The topological polar surface area (TPSA) is 187 Å². The summed E-state index contributed by atoms with van der Waals surface area (Å²) in [5, 5.41) is 5.25. The zero-order chi connectivity index (χ0) is 27.2. The van der Waals surface area contributed by atoms with Crippen LogP contribution in [0, 0.1) is 5.92 Å². The van der Waals surface area contributed by atoms with E-state index >= 15 is 0 Å². The van der Waals surface area contributed by atoms with Crippen LogP contribution in [0.25, 0.3) is 0 Å². The third-order valence-electron chi connectivity index (χ3n) is 5.90. The minimum absolute atomic E-state index is 0.189. The smallest absolute Gasteiger partial charge is 0.251 e. The predicted molar refractivity (Wildman–Crippen MR) is 139 cm³/mol. The van der Waals surface area contributed by atoms with Crippen LogP contribution in [0.4, 0.5) is 0 Å². The second-order valence-corrected chi connectivity index (χ2v) is 8.87. The normalized spacial score (nSPS) is 13.1. The molecule has 0 aliphatic heterocycles. The molecule has 0 aliphatic carbocycles. The number of unbranched alkanes of at least 4 members (excludes halogenated alkanes) is 1. The summed E-state index contributed by atoms with van der Waals surface area (Å²) < 4.78 is 0. The average molecular weight is 510 g/mol. The number of amides is 4. The van der Waals surface area contributed by atoms with Gasteiger partial charge in [-0.3, -0.25) is 24.0 Å². The molecule has 0 bridgehead atoms. The summed E-state index contributed by atoms with van der Waals surface area (Å²) >= 11 is 0. The Kier molecular flexibility index (Phi) is 11.9. The van der Waals surface area contributed by atoms with Crippen molar-refractivity contribution in [3.8, 4) is 0 Å². The van der Waals surface area contributed by atoms with Crippen molar-refractivity contribution in [1.29, 1.82) is 0 Å². The number of nitrogens with two attached hydrogens (primary N) is 3. The minimum Gasteiger partial charge on any atom is -0.370 e. The Balaban J connectivity index is 2.23. The zero-order valence-corrected chi connectivity index (χ0v) is 20.7. The molecular formula is C27H35N5O5. The Labute approximate surface area is 216 Å². The molecule has 0 saturated heterocycles. The van der Waals surface area contributed by atoms with Gasteiger partial charge in [-0.2, -0.15) is 0 Å². The first-order chi connectivity index (χ1) is 17.7. The molecule has 0 fully saturated rings. The highest BCUT2D eigenvalue weighted by Crippen LogP contribution is 2.17. The van der Waals surface area contributed by atoms with E-state index in [4.69, 9.17) is 17.2 Å². The SMILES string of the molecule is NCCCC[C@H](CC(=O)[C@H](Cc1ccccc1)NC(=O)c1ccccc1)C(=O)N[C@@H](CC(N)=O)C(N)=O. The van der Waals surface area contributed by atoms with Gasteiger partial charge in [0.25, 0.3) is 5.91 Å². The van der Waals surface area contributed by atoms with Gasteiger partial charge in [0.2, 0.25) is 17.7 Å². The first-order valence-corrected chi connectivity index (χ1v) is 12.2. The molecule has 4 amide bonds. The third-order valence-corrected chi connectivity index (χ3v) is 5.90. The second-order valence-electron chi connectivity index (χ2n) is 8.87. The van der Waals surface area contributed by atoms with E-state index in [1.807, 2.05) is 30.3 Å². The van der Waals surface area contributed by atoms with E-state index in [0.29, 0.717) is 31.4 Å². The lowest BCUT2D eigenvalue weighted by atomic mass is 9.90. The molecule has 0 radical (unpaired) electrons. The number of hydrogen-bond acceptors (Lipinski definition) is 6. The van der Waals surface area contributed by atoms with Gasteiger partial charge in [0.05, 0.1) is 12.5 Å². The Morgan fingerprint density at radius 3 is 1.95 bits per heavy atom. The van der Waals surface area contributed by atoms with Crippen LogP contribution in [-0.2, 0) is 25.6 Å². The molecule has 10 nitrogen and oxygen atoms in total. The van der Waals surface area contributed by atoms with Crippen molar-refractivity contribution in [2.45, 2.75) is 50.6 Å². The van der Waals surface area contributed by atoms with Gasteiger partial charge in [0, 0.05) is 17.9 Å². The van der Waals surface area contributed by atoms with Gasteiger partial charge >= 0.3 is 0 Å². The van der Waals surface area contributed by atoms with Crippen molar-refractivity contribution >= 4 is 29.4 Å². The molecular weight excluding hydrogens is 474 g/mol. The largest absolute Gasteiger partial charge is 0.370 e. The molecule has 37 heavy (non-hydrogen) atoms. The molecule has 2 aromatic carbocycles. The quantitative estimate of drug-likeness (QED) is 0.206. The number of Topliss-reactive ketones (excluding diaryl/α,β-unsaturated/α-hetero) is 1. The minimum atomic E-state index is -1.28. The van der Waals surface area contributed by atoms with E-state index in [0.717, 1.165) is 5.56 Å². The van der Waals surface area contributed by atoms with Crippen LogP contribution < -0.4 is 27.8 Å². The lowest BCUT2D eigenvalue weighted by Gasteiger charge is -2.23. The average Bonchev–Trinajstić information content (AvgIpc) is 2.88. The Morgan fingerprint density at radius 2 is 1.38 bits per heavy atom. The Morgan fingerprint density at radius 1 is 0.757 bits per heavy atom. The van der Waals surface area contributed by atoms with E-state index < -0.39 is 48.1 Å². The number of rotatable bonds is 16. The summed E-state index contributed by atoms with van der Waals surface area (Å²) in [7, 11) is 0. The highest BCUT2D eigenvalue weighted by Gasteiger charge is 2.30. The van der Waals surface area contributed by atoms with Crippen LogP contribution in [0.2, 0.25) is 0 Å². The van der Waals surface area contributed by atoms with Crippen molar-refractivity contribution < 1.29 is 24.0 Å². The molecule has 0 aliphatic rings. The van der Waals surface area contributed by atoms with E-state index in [2.05, 4.69) is 10.6 Å². The molecule has 198 valence electrons. The number of carbonyl (C=O) groups excluding carboxylic acids is 5. The van der Waals surface area contributed by atoms with Gasteiger partial charge in [0.1, 0.15) is 6.04 Å². The van der Waals surface area contributed by atoms with Gasteiger partial charge in [-0.1, -0.05) is 55.0 Å². The molecule has 0 saturated carbocycles. The third kappa shape index (κ3) is 10.2. The first-order valence-electron chi connectivity index (χ1n) is 12.2. The number of primary amides is 2. The van der Waals surface area contributed by atoms with E-state index in [1.165, 1.54) is 0 Å². The highest BCUT2D eigenvalue weighted by molar-refractivity contribution is 5.99. The highest BCUT2D eigenvalue weighted by atomic mass is 16.2. The number of benzene rings is 2. The molecule has 2 rings (SSSR count). The van der Waals surface area contributed by atoms with E-state index in [1.54, 1.807) is 30.3 Å². The maximum Gasteiger partial charge on any atom is 0.251 e. The number of hydrogen-bond donors (Lipinski definition) is 5. The van der Waals surface area contributed by atoms with Gasteiger partial charge in [-0.15, -0.1) is 0 Å². The molecule has 0 unspecified atom stereocenters. The van der Waals surface area contributed by atoms with Gasteiger partial charge in [0.15, 0.2) is 5.78 Å². The number of ketones is 1. The molecule has 10 heteroatoms. The van der Waals surface area contributed by atoms with Crippen molar-refractivity contribution in [3.63, 3.8) is 0 Å². The second kappa shape index (κ2) is 15.1. The van der Waals surface area contributed by atoms with Crippen LogP contribution in [0.15, 0.2) is 60.7 Å². The maximum atomic E-state index is 13.5. The summed E-state index contributed by atoms with van der Waals surface area (Å²) in [5.41, 5.74) is 17.3. The monoisotopic (exact) mass is 509 g/mol. The van der Waals surface area contributed by atoms with Crippen molar-refractivity contribution in [1.82, 2.24) is 10.6 Å². The van der Waals surface area contributed by atoms with Crippen LogP contribution in [-0.4, -0.2) is 48.0 Å². The molecule has 0 aromatic heterocycles. The summed E-state index contributed by atoms with van der Waals surface area (Å²) in [4.78, 5) is 62.4. The fraction of sp³-hybridized carbons (Fsp3) is 0.370. The molecule has 0 heterocycles. The summed E-state index contributed by atoms with van der Waals surface area (Å²) in [5.74, 6) is -3.87. The number of nitrogens with one attached hydrogen (secondary N) is 2. The van der Waals surface area contributed by atoms with E-state index in [9.17, 15) is 24.0 Å². The first kappa shape index (κ1) is 29.2. The molecule has 3 atom stereocenters. The van der Waals surface area contributed by atoms with Crippen molar-refractivity contribution in [3.05, 3.63) is 71.8 Å².